The number of primary amides is 1. The second-order valence-corrected chi connectivity index (χ2v) is 7.44. The molecular weight excluding hydrogens is 396 g/mol. The molecule has 4 rings (SSSR count). The average molecular weight is 419 g/mol. The summed E-state index contributed by atoms with van der Waals surface area (Å²) in [6, 6.07) is 29.9. The largest absolute Gasteiger partial charge is 0.365 e. The maximum Gasteiger partial charge on any atom is 0.259 e. The lowest BCUT2D eigenvalue weighted by Gasteiger charge is -2.24. The summed E-state index contributed by atoms with van der Waals surface area (Å²) in [5.74, 6) is -0.736. The summed E-state index contributed by atoms with van der Waals surface area (Å²) in [5.41, 5.74) is 10.1. The topological polar surface area (TPSA) is 82.5 Å². The van der Waals surface area contributed by atoms with Crippen LogP contribution in [0.25, 0.3) is 12.2 Å². The molecular formula is C27H22N4O. The van der Waals surface area contributed by atoms with Crippen LogP contribution >= 0.6 is 0 Å². The van der Waals surface area contributed by atoms with Gasteiger partial charge in [0.1, 0.15) is 11.6 Å². The molecule has 0 bridgehead atoms. The number of carbonyl (C=O) groups is 1. The summed E-state index contributed by atoms with van der Waals surface area (Å²) in [7, 11) is 0. The molecule has 1 heterocycles. The number of allylic oxidation sites excluding steroid dienone is 1. The first-order chi connectivity index (χ1) is 15.6. The number of nitrogens with zero attached hydrogens (tertiary/aromatic N) is 3. The minimum atomic E-state index is -0.736. The standard InChI is InChI=1S/C27H22N4O/c28-19-23(27(29)32)17-21-12-15-25(16-13-21)31-26(22-9-5-2-6-10-22)18-24(30-31)14-11-20-7-3-1-4-8-20/h1-17,26H,18H2,(H2,29,32)/b14-11+,23-17-/t26-/m1/s1. The summed E-state index contributed by atoms with van der Waals surface area (Å²) < 4.78 is 0. The lowest BCUT2D eigenvalue weighted by atomic mass is 10.0. The minimum absolute atomic E-state index is 0.0764. The number of nitrogens with two attached hydrogens (primary N) is 1. The van der Waals surface area contributed by atoms with Crippen LogP contribution < -0.4 is 10.7 Å². The van der Waals surface area contributed by atoms with Gasteiger partial charge >= 0.3 is 0 Å². The normalized spacial score (nSPS) is 16.1. The highest BCUT2D eigenvalue weighted by atomic mass is 16.1. The van der Waals surface area contributed by atoms with Crippen LogP contribution in [0.2, 0.25) is 0 Å². The van der Waals surface area contributed by atoms with Crippen molar-refractivity contribution in [1.29, 1.82) is 5.26 Å². The molecule has 32 heavy (non-hydrogen) atoms. The molecule has 156 valence electrons. The molecule has 3 aromatic rings. The van der Waals surface area contributed by atoms with E-state index in [1.54, 1.807) is 0 Å². The summed E-state index contributed by atoms with van der Waals surface area (Å²) in [6.45, 7) is 0. The highest BCUT2D eigenvalue weighted by Gasteiger charge is 2.28. The van der Waals surface area contributed by atoms with Crippen molar-refractivity contribution < 1.29 is 4.79 Å². The lowest BCUT2D eigenvalue weighted by molar-refractivity contribution is -0.114. The van der Waals surface area contributed by atoms with Crippen LogP contribution in [0.15, 0.2) is 102 Å². The maximum absolute atomic E-state index is 11.3. The zero-order chi connectivity index (χ0) is 22.3. The van der Waals surface area contributed by atoms with Crippen LogP contribution in [0.3, 0.4) is 0 Å². The molecule has 0 fully saturated rings. The van der Waals surface area contributed by atoms with E-state index in [4.69, 9.17) is 16.1 Å². The molecule has 0 saturated carbocycles. The van der Waals surface area contributed by atoms with Crippen LogP contribution in [-0.4, -0.2) is 11.6 Å². The highest BCUT2D eigenvalue weighted by Crippen LogP contribution is 2.35. The van der Waals surface area contributed by atoms with Crippen molar-refractivity contribution in [2.24, 2.45) is 10.8 Å². The van der Waals surface area contributed by atoms with Gasteiger partial charge in [-0.3, -0.25) is 9.80 Å². The highest BCUT2D eigenvalue weighted by molar-refractivity contribution is 6.01. The van der Waals surface area contributed by atoms with Gasteiger partial charge in [0.15, 0.2) is 0 Å². The second kappa shape index (κ2) is 9.59. The average Bonchev–Trinajstić information content (AvgIpc) is 3.27. The van der Waals surface area contributed by atoms with Crippen molar-refractivity contribution in [2.45, 2.75) is 12.5 Å². The lowest BCUT2D eigenvalue weighted by Crippen LogP contribution is -2.18. The molecule has 0 spiro atoms. The second-order valence-electron chi connectivity index (χ2n) is 7.44. The predicted molar refractivity (Wildman–Crippen MR) is 128 cm³/mol. The number of nitriles is 1. The van der Waals surface area contributed by atoms with Crippen molar-refractivity contribution in [3.63, 3.8) is 0 Å². The Bertz CT molecular complexity index is 1220. The van der Waals surface area contributed by atoms with Gasteiger partial charge in [-0.05, 0) is 41.0 Å². The van der Waals surface area contributed by atoms with Crippen LogP contribution in [0.1, 0.15) is 29.2 Å². The van der Waals surface area contributed by atoms with E-state index in [2.05, 4.69) is 36.4 Å². The zero-order valence-electron chi connectivity index (χ0n) is 17.4. The van der Waals surface area contributed by atoms with Gasteiger partial charge in [0, 0.05) is 6.42 Å². The third-order valence-corrected chi connectivity index (χ3v) is 5.24. The van der Waals surface area contributed by atoms with Crippen molar-refractivity contribution in [3.8, 4) is 6.07 Å². The Hall–Kier alpha value is -4.43. The number of carbonyl (C=O) groups excluding carboxylic acids is 1. The van der Waals surface area contributed by atoms with Crippen LogP contribution in [0.5, 0.6) is 0 Å². The fourth-order valence-corrected chi connectivity index (χ4v) is 3.61. The zero-order valence-corrected chi connectivity index (χ0v) is 17.4. The fourth-order valence-electron chi connectivity index (χ4n) is 3.61. The van der Waals surface area contributed by atoms with E-state index in [-0.39, 0.29) is 11.6 Å². The van der Waals surface area contributed by atoms with E-state index in [0.29, 0.717) is 0 Å². The predicted octanol–water partition coefficient (Wildman–Crippen LogP) is 5.10. The Morgan fingerprint density at radius 3 is 2.22 bits per heavy atom. The smallest absolute Gasteiger partial charge is 0.259 e. The first-order valence-corrected chi connectivity index (χ1v) is 10.3. The maximum atomic E-state index is 11.3. The van der Waals surface area contributed by atoms with E-state index < -0.39 is 5.91 Å². The molecule has 3 aromatic carbocycles. The van der Waals surface area contributed by atoms with E-state index in [1.165, 1.54) is 11.6 Å². The molecule has 5 nitrogen and oxygen atoms in total. The molecule has 1 atom stereocenters. The first kappa shape index (κ1) is 20.8. The summed E-state index contributed by atoms with van der Waals surface area (Å²) >= 11 is 0. The molecule has 1 aliphatic heterocycles. The molecule has 0 aromatic heterocycles. The molecule has 0 unspecified atom stereocenters. The van der Waals surface area contributed by atoms with Gasteiger partial charge in [-0.2, -0.15) is 10.4 Å². The number of benzene rings is 3. The quantitative estimate of drug-likeness (QED) is 0.447. The molecule has 0 saturated heterocycles. The molecule has 1 amide bonds. The summed E-state index contributed by atoms with van der Waals surface area (Å²) in [4.78, 5) is 11.3. The van der Waals surface area contributed by atoms with E-state index in [9.17, 15) is 4.79 Å². The van der Waals surface area contributed by atoms with Gasteiger partial charge in [-0.1, -0.05) is 78.9 Å². The summed E-state index contributed by atoms with van der Waals surface area (Å²) in [6.07, 6.45) is 6.41. The van der Waals surface area contributed by atoms with Crippen LogP contribution in [0.4, 0.5) is 5.69 Å². The van der Waals surface area contributed by atoms with Crippen LogP contribution in [-0.2, 0) is 4.79 Å². The molecule has 2 N–H and O–H groups in total. The molecule has 1 aliphatic rings. The SMILES string of the molecule is N#C/C(=C/c1ccc(N2N=C(/C=C/c3ccccc3)C[C@@H]2c2ccccc2)cc1)C(N)=O. The Balaban J connectivity index is 1.63. The van der Waals surface area contributed by atoms with E-state index in [0.717, 1.165) is 28.9 Å². The number of rotatable bonds is 6. The number of anilines is 1. The van der Waals surface area contributed by atoms with Gasteiger partial charge in [0.05, 0.1) is 17.4 Å². The fraction of sp³-hybridized carbons (Fsp3) is 0.0741. The van der Waals surface area contributed by atoms with Crippen molar-refractivity contribution >= 4 is 29.5 Å². The number of hydrogen-bond donors (Lipinski definition) is 1. The van der Waals surface area contributed by atoms with Gasteiger partial charge < -0.3 is 5.73 Å². The number of hydrazone groups is 1. The third-order valence-electron chi connectivity index (χ3n) is 5.24. The Morgan fingerprint density at radius 1 is 0.938 bits per heavy atom. The van der Waals surface area contributed by atoms with Gasteiger partial charge in [-0.25, -0.2) is 0 Å². The van der Waals surface area contributed by atoms with Crippen molar-refractivity contribution in [3.05, 3.63) is 113 Å². The Kier molecular flexibility index (Phi) is 6.24. The Morgan fingerprint density at radius 2 is 1.59 bits per heavy atom. The monoisotopic (exact) mass is 418 g/mol. The minimum Gasteiger partial charge on any atom is -0.365 e. The number of amides is 1. The van der Waals surface area contributed by atoms with Gasteiger partial charge in [-0.15, -0.1) is 0 Å². The first-order valence-electron chi connectivity index (χ1n) is 10.3. The summed E-state index contributed by atoms with van der Waals surface area (Å²) in [5, 5.41) is 16.0. The van der Waals surface area contributed by atoms with E-state index >= 15 is 0 Å². The van der Waals surface area contributed by atoms with Crippen LogP contribution in [0, 0.1) is 11.3 Å². The van der Waals surface area contributed by atoms with Gasteiger partial charge in [0.25, 0.3) is 5.91 Å². The third kappa shape index (κ3) is 4.82. The molecule has 5 heteroatoms. The molecule has 0 radical (unpaired) electrons. The Labute approximate surface area is 187 Å². The number of hydrogen-bond acceptors (Lipinski definition) is 4. The van der Waals surface area contributed by atoms with E-state index in [1.807, 2.05) is 71.7 Å². The van der Waals surface area contributed by atoms with Crippen molar-refractivity contribution in [1.82, 2.24) is 0 Å². The molecule has 0 aliphatic carbocycles. The van der Waals surface area contributed by atoms with Crippen molar-refractivity contribution in [2.75, 3.05) is 5.01 Å². The van der Waals surface area contributed by atoms with Gasteiger partial charge in [0.2, 0.25) is 0 Å².